The Morgan fingerprint density at radius 3 is 2.84 bits per heavy atom. The van der Waals surface area contributed by atoms with Crippen LogP contribution >= 0.6 is 0 Å². The van der Waals surface area contributed by atoms with E-state index in [1.54, 1.807) is 0 Å². The van der Waals surface area contributed by atoms with Crippen LogP contribution in [0.25, 0.3) is 0 Å². The molecule has 0 fully saturated rings. The molecule has 1 amide bonds. The summed E-state index contributed by atoms with van der Waals surface area (Å²) in [5, 5.41) is 2.84. The number of ether oxygens (including phenoxy) is 2. The molecule has 0 aromatic heterocycles. The fraction of sp³-hybridized carbons (Fsp3) is 0.500. The Hall–Kier alpha value is -1.75. The summed E-state index contributed by atoms with van der Waals surface area (Å²) in [6, 6.07) is 5.07. The highest BCUT2D eigenvalue weighted by atomic mass is 16.7. The number of rotatable bonds is 3. The minimum atomic E-state index is -0.540. The molecule has 0 saturated heterocycles. The average molecular weight is 264 g/mol. The van der Waals surface area contributed by atoms with E-state index in [-0.39, 0.29) is 18.1 Å². The molecule has 0 bridgehead atoms. The van der Waals surface area contributed by atoms with Crippen molar-refractivity contribution in [1.29, 1.82) is 0 Å². The van der Waals surface area contributed by atoms with E-state index in [2.05, 4.69) is 5.32 Å². The number of nitrogens with one attached hydrogen (secondary N) is 1. The van der Waals surface area contributed by atoms with Crippen molar-refractivity contribution in [2.45, 2.75) is 33.4 Å². The molecule has 0 aliphatic carbocycles. The fourth-order valence-electron chi connectivity index (χ4n) is 1.82. The van der Waals surface area contributed by atoms with Gasteiger partial charge in [-0.3, -0.25) is 4.79 Å². The predicted octanol–water partition coefficient (Wildman–Crippen LogP) is 1.40. The summed E-state index contributed by atoms with van der Waals surface area (Å²) in [5.41, 5.74) is 6.53. The van der Waals surface area contributed by atoms with Gasteiger partial charge in [0.25, 0.3) is 0 Å². The number of amides is 1. The Labute approximate surface area is 113 Å². The van der Waals surface area contributed by atoms with Gasteiger partial charge in [0, 0.05) is 12.1 Å². The Morgan fingerprint density at radius 1 is 1.42 bits per heavy atom. The topological polar surface area (TPSA) is 73.6 Å². The van der Waals surface area contributed by atoms with E-state index in [0.29, 0.717) is 18.0 Å². The van der Waals surface area contributed by atoms with Crippen molar-refractivity contribution in [3.8, 4) is 11.5 Å². The molecular formula is C14H20N2O3. The van der Waals surface area contributed by atoms with Crippen LogP contribution in [0.1, 0.15) is 26.3 Å². The van der Waals surface area contributed by atoms with Gasteiger partial charge in [-0.2, -0.15) is 0 Å². The van der Waals surface area contributed by atoms with E-state index in [1.165, 1.54) is 0 Å². The monoisotopic (exact) mass is 264 g/mol. The number of benzene rings is 1. The summed E-state index contributed by atoms with van der Waals surface area (Å²) < 4.78 is 10.7. The molecular weight excluding hydrogens is 244 g/mol. The molecule has 1 aliphatic rings. The molecule has 0 saturated carbocycles. The molecule has 1 unspecified atom stereocenters. The van der Waals surface area contributed by atoms with Gasteiger partial charge in [-0.15, -0.1) is 0 Å². The third-order valence-corrected chi connectivity index (χ3v) is 3.15. The van der Waals surface area contributed by atoms with E-state index in [9.17, 15) is 4.79 Å². The van der Waals surface area contributed by atoms with Crippen molar-refractivity contribution in [2.24, 2.45) is 11.1 Å². The summed E-state index contributed by atoms with van der Waals surface area (Å²) in [7, 11) is 0. The molecule has 0 spiro atoms. The molecule has 104 valence electrons. The molecule has 1 aromatic carbocycles. The Kier molecular flexibility index (Phi) is 3.66. The van der Waals surface area contributed by atoms with Crippen molar-refractivity contribution in [3.05, 3.63) is 23.8 Å². The summed E-state index contributed by atoms with van der Waals surface area (Å²) >= 11 is 0. The highest BCUT2D eigenvalue weighted by Crippen LogP contribution is 2.35. The molecule has 1 aliphatic heterocycles. The quantitative estimate of drug-likeness (QED) is 0.865. The number of fused-ring (bicyclic) bond motifs is 1. The normalized spacial score (nSPS) is 15.2. The average Bonchev–Trinajstić information content (AvgIpc) is 2.82. The standard InChI is InChI=1S/C14H20N2O3/c1-14(2,3)12(15)13(17)16-7-9-5-4-6-10-11(9)19-8-18-10/h4-6,12H,7-8,15H2,1-3H3,(H,16,17). The maximum absolute atomic E-state index is 12.0. The Bertz CT molecular complexity index is 480. The summed E-state index contributed by atoms with van der Waals surface area (Å²) in [4.78, 5) is 12.0. The van der Waals surface area contributed by atoms with E-state index >= 15 is 0 Å². The molecule has 5 nitrogen and oxygen atoms in total. The number of carbonyl (C=O) groups is 1. The second kappa shape index (κ2) is 5.09. The molecule has 2 rings (SSSR count). The fourth-order valence-corrected chi connectivity index (χ4v) is 1.82. The lowest BCUT2D eigenvalue weighted by molar-refractivity contribution is -0.124. The molecule has 1 heterocycles. The van der Waals surface area contributed by atoms with Crippen LogP contribution < -0.4 is 20.5 Å². The van der Waals surface area contributed by atoms with Crippen LogP contribution in [0.4, 0.5) is 0 Å². The minimum Gasteiger partial charge on any atom is -0.454 e. The summed E-state index contributed by atoms with van der Waals surface area (Å²) in [6.07, 6.45) is 0. The van der Waals surface area contributed by atoms with Gasteiger partial charge in [-0.1, -0.05) is 32.9 Å². The number of hydrogen-bond acceptors (Lipinski definition) is 4. The SMILES string of the molecule is CC(C)(C)C(N)C(=O)NCc1cccc2c1OCO2. The molecule has 1 atom stereocenters. The smallest absolute Gasteiger partial charge is 0.237 e. The van der Waals surface area contributed by atoms with Gasteiger partial charge in [0.1, 0.15) is 0 Å². The van der Waals surface area contributed by atoms with Gasteiger partial charge in [-0.05, 0) is 11.5 Å². The first kappa shape index (κ1) is 13.7. The maximum atomic E-state index is 12.0. The highest BCUT2D eigenvalue weighted by Gasteiger charge is 2.27. The third kappa shape index (κ3) is 2.98. The van der Waals surface area contributed by atoms with Gasteiger partial charge < -0.3 is 20.5 Å². The zero-order chi connectivity index (χ0) is 14.0. The zero-order valence-electron chi connectivity index (χ0n) is 11.5. The number of carbonyl (C=O) groups excluding carboxylic acids is 1. The summed E-state index contributed by atoms with van der Waals surface area (Å²) in [6.45, 7) is 6.42. The molecule has 19 heavy (non-hydrogen) atoms. The Morgan fingerprint density at radius 2 is 2.16 bits per heavy atom. The van der Waals surface area contributed by atoms with Crippen LogP contribution in [0, 0.1) is 5.41 Å². The van der Waals surface area contributed by atoms with E-state index < -0.39 is 6.04 Å². The van der Waals surface area contributed by atoms with Crippen molar-refractivity contribution >= 4 is 5.91 Å². The number of nitrogens with two attached hydrogens (primary N) is 1. The largest absolute Gasteiger partial charge is 0.454 e. The molecule has 1 aromatic rings. The zero-order valence-corrected chi connectivity index (χ0v) is 11.5. The van der Waals surface area contributed by atoms with Gasteiger partial charge in [0.05, 0.1) is 6.04 Å². The van der Waals surface area contributed by atoms with Gasteiger partial charge >= 0.3 is 0 Å². The highest BCUT2D eigenvalue weighted by molar-refractivity contribution is 5.82. The molecule has 0 radical (unpaired) electrons. The van der Waals surface area contributed by atoms with Gasteiger partial charge in [-0.25, -0.2) is 0 Å². The van der Waals surface area contributed by atoms with E-state index in [4.69, 9.17) is 15.2 Å². The third-order valence-electron chi connectivity index (χ3n) is 3.15. The first-order chi connectivity index (χ1) is 8.89. The Balaban J connectivity index is 2.00. The van der Waals surface area contributed by atoms with E-state index in [0.717, 1.165) is 5.56 Å². The van der Waals surface area contributed by atoms with Crippen LogP contribution in [-0.2, 0) is 11.3 Å². The lowest BCUT2D eigenvalue weighted by atomic mass is 9.87. The minimum absolute atomic E-state index is 0.163. The van der Waals surface area contributed by atoms with Crippen molar-refractivity contribution < 1.29 is 14.3 Å². The van der Waals surface area contributed by atoms with Crippen LogP contribution in [-0.4, -0.2) is 18.7 Å². The van der Waals surface area contributed by atoms with Crippen LogP contribution in [0.5, 0.6) is 11.5 Å². The predicted molar refractivity (Wildman–Crippen MR) is 71.8 cm³/mol. The first-order valence-electron chi connectivity index (χ1n) is 6.30. The number of hydrogen-bond donors (Lipinski definition) is 2. The number of para-hydroxylation sites is 1. The van der Waals surface area contributed by atoms with Crippen LogP contribution in [0.2, 0.25) is 0 Å². The van der Waals surface area contributed by atoms with E-state index in [1.807, 2.05) is 39.0 Å². The second-order valence-electron chi connectivity index (χ2n) is 5.71. The summed E-state index contributed by atoms with van der Waals surface area (Å²) in [5.74, 6) is 1.25. The van der Waals surface area contributed by atoms with Gasteiger partial charge in [0.2, 0.25) is 12.7 Å². The molecule has 5 heteroatoms. The maximum Gasteiger partial charge on any atom is 0.237 e. The molecule has 3 N–H and O–H groups in total. The lowest BCUT2D eigenvalue weighted by Crippen LogP contribution is -2.48. The first-order valence-corrected chi connectivity index (χ1v) is 6.30. The van der Waals surface area contributed by atoms with Crippen molar-refractivity contribution in [1.82, 2.24) is 5.32 Å². The second-order valence-corrected chi connectivity index (χ2v) is 5.71. The van der Waals surface area contributed by atoms with Crippen molar-refractivity contribution in [2.75, 3.05) is 6.79 Å². The van der Waals surface area contributed by atoms with Crippen molar-refractivity contribution in [3.63, 3.8) is 0 Å². The van der Waals surface area contributed by atoms with Crippen LogP contribution in [0.15, 0.2) is 18.2 Å². The van der Waals surface area contributed by atoms with Crippen LogP contribution in [0.3, 0.4) is 0 Å². The van der Waals surface area contributed by atoms with Gasteiger partial charge in [0.15, 0.2) is 11.5 Å². The lowest BCUT2D eigenvalue weighted by Gasteiger charge is -2.25.